The van der Waals surface area contributed by atoms with E-state index in [2.05, 4.69) is 32.3 Å². The average Bonchev–Trinajstić information content (AvgIpc) is 2.41. The third-order valence-electron chi connectivity index (χ3n) is 2.59. The monoisotopic (exact) mass is 253 g/mol. The van der Waals surface area contributed by atoms with Crippen molar-refractivity contribution in [3.05, 3.63) is 6.20 Å². The van der Waals surface area contributed by atoms with Crippen LogP contribution in [0.3, 0.4) is 0 Å². The minimum atomic E-state index is 0.576. The first-order valence-corrected chi connectivity index (χ1v) is 6.41. The maximum absolute atomic E-state index is 4.98. The van der Waals surface area contributed by atoms with Crippen LogP contribution in [0.25, 0.3) is 0 Å². The van der Waals surface area contributed by atoms with Crippen molar-refractivity contribution in [2.45, 2.75) is 26.2 Å². The normalized spacial score (nSPS) is 10.4. The van der Waals surface area contributed by atoms with E-state index in [0.29, 0.717) is 5.95 Å². The lowest BCUT2D eigenvalue weighted by atomic mass is 10.3. The van der Waals surface area contributed by atoms with Crippen LogP contribution in [0.1, 0.15) is 26.2 Å². The van der Waals surface area contributed by atoms with Gasteiger partial charge in [0.05, 0.1) is 6.20 Å². The molecule has 0 aliphatic carbocycles. The summed E-state index contributed by atoms with van der Waals surface area (Å²) in [7, 11) is 3.72. The maximum atomic E-state index is 4.98. The van der Waals surface area contributed by atoms with Gasteiger partial charge in [-0.15, -0.1) is 5.10 Å². The summed E-state index contributed by atoms with van der Waals surface area (Å²) in [6, 6.07) is 0. The van der Waals surface area contributed by atoms with E-state index in [1.807, 2.05) is 7.05 Å². The lowest BCUT2D eigenvalue weighted by Crippen LogP contribution is -2.21. The van der Waals surface area contributed by atoms with Crippen molar-refractivity contribution in [2.24, 2.45) is 0 Å². The van der Waals surface area contributed by atoms with Crippen LogP contribution in [0, 0.1) is 0 Å². The Bertz CT molecular complexity index is 334. The van der Waals surface area contributed by atoms with Gasteiger partial charge in [-0.2, -0.15) is 10.1 Å². The van der Waals surface area contributed by atoms with Gasteiger partial charge in [-0.3, -0.25) is 0 Å². The van der Waals surface area contributed by atoms with E-state index in [0.717, 1.165) is 38.4 Å². The molecule has 1 N–H and O–H groups in total. The number of hydrogen-bond acceptors (Lipinski definition) is 6. The zero-order valence-electron chi connectivity index (χ0n) is 11.5. The fourth-order valence-corrected chi connectivity index (χ4v) is 1.48. The van der Waals surface area contributed by atoms with E-state index in [9.17, 15) is 0 Å². The lowest BCUT2D eigenvalue weighted by molar-refractivity contribution is 0.197. The van der Waals surface area contributed by atoms with Gasteiger partial charge in [0.1, 0.15) is 0 Å². The molecule has 6 nitrogen and oxygen atoms in total. The quantitative estimate of drug-likeness (QED) is 0.674. The topological polar surface area (TPSA) is 63.2 Å². The van der Waals surface area contributed by atoms with Gasteiger partial charge < -0.3 is 15.0 Å². The first kappa shape index (κ1) is 14.6. The largest absolute Gasteiger partial charge is 0.385 e. The van der Waals surface area contributed by atoms with Gasteiger partial charge in [0.15, 0.2) is 5.82 Å². The standard InChI is InChI=1S/C12H23N5O/c1-4-5-8-17(2)11-10-14-16-12(15-11)13-7-6-9-18-3/h10H,4-9H2,1-3H3,(H,13,15,16). The molecule has 0 aromatic carbocycles. The highest BCUT2D eigenvalue weighted by Crippen LogP contribution is 2.09. The minimum Gasteiger partial charge on any atom is -0.385 e. The number of hydrogen-bond donors (Lipinski definition) is 1. The molecule has 1 rings (SSSR count). The number of aromatic nitrogens is 3. The molecule has 1 aromatic rings. The summed E-state index contributed by atoms with van der Waals surface area (Å²) in [4.78, 5) is 6.52. The Hall–Kier alpha value is -1.43. The molecule has 102 valence electrons. The second kappa shape index (κ2) is 8.63. The summed E-state index contributed by atoms with van der Waals surface area (Å²) >= 11 is 0. The molecule has 0 fully saturated rings. The summed E-state index contributed by atoms with van der Waals surface area (Å²) in [6.07, 6.45) is 4.94. The van der Waals surface area contributed by atoms with E-state index in [1.54, 1.807) is 13.3 Å². The lowest BCUT2D eigenvalue weighted by Gasteiger charge is -2.17. The Labute approximate surface area is 109 Å². The summed E-state index contributed by atoms with van der Waals surface area (Å²) in [5.41, 5.74) is 0. The van der Waals surface area contributed by atoms with E-state index in [-0.39, 0.29) is 0 Å². The van der Waals surface area contributed by atoms with Crippen molar-refractivity contribution in [1.82, 2.24) is 15.2 Å². The summed E-state index contributed by atoms with van der Waals surface area (Å²) in [5, 5.41) is 11.1. The SMILES string of the molecule is CCCCN(C)c1cnnc(NCCCOC)n1. The van der Waals surface area contributed by atoms with Gasteiger partial charge in [0, 0.05) is 33.9 Å². The fraction of sp³-hybridized carbons (Fsp3) is 0.750. The van der Waals surface area contributed by atoms with Gasteiger partial charge in [0.25, 0.3) is 0 Å². The molecule has 6 heteroatoms. The molecule has 0 saturated heterocycles. The number of methoxy groups -OCH3 is 1. The zero-order valence-corrected chi connectivity index (χ0v) is 11.5. The highest BCUT2D eigenvalue weighted by Gasteiger charge is 2.04. The Morgan fingerprint density at radius 1 is 1.39 bits per heavy atom. The average molecular weight is 253 g/mol. The van der Waals surface area contributed by atoms with Crippen LogP contribution >= 0.6 is 0 Å². The van der Waals surface area contributed by atoms with Gasteiger partial charge in [-0.25, -0.2) is 0 Å². The third-order valence-corrected chi connectivity index (χ3v) is 2.59. The van der Waals surface area contributed by atoms with E-state index in [1.165, 1.54) is 6.42 Å². The zero-order chi connectivity index (χ0) is 13.2. The molecular weight excluding hydrogens is 230 g/mol. The predicted octanol–water partition coefficient (Wildman–Crippen LogP) is 1.56. The third kappa shape index (κ3) is 5.27. The van der Waals surface area contributed by atoms with Crippen molar-refractivity contribution in [3.63, 3.8) is 0 Å². The van der Waals surface area contributed by atoms with Gasteiger partial charge >= 0.3 is 0 Å². The Balaban J connectivity index is 2.45. The second-order valence-electron chi connectivity index (χ2n) is 4.19. The molecule has 0 unspecified atom stereocenters. The molecule has 0 bridgehead atoms. The molecule has 0 spiro atoms. The van der Waals surface area contributed by atoms with Crippen molar-refractivity contribution in [2.75, 3.05) is 44.1 Å². The van der Waals surface area contributed by atoms with Crippen LogP contribution in [-0.4, -0.2) is 49.0 Å². The molecule has 0 saturated carbocycles. The molecular formula is C12H23N5O. The van der Waals surface area contributed by atoms with E-state index in [4.69, 9.17) is 4.74 Å². The number of unbranched alkanes of at least 4 members (excludes halogenated alkanes) is 1. The molecule has 0 amide bonds. The van der Waals surface area contributed by atoms with Crippen LogP contribution < -0.4 is 10.2 Å². The Kier molecular flexibility index (Phi) is 7.01. The van der Waals surface area contributed by atoms with Crippen molar-refractivity contribution >= 4 is 11.8 Å². The number of rotatable bonds is 9. The van der Waals surface area contributed by atoms with Crippen molar-refractivity contribution in [3.8, 4) is 0 Å². The molecule has 1 heterocycles. The van der Waals surface area contributed by atoms with Gasteiger partial charge in [-0.05, 0) is 12.8 Å². The van der Waals surface area contributed by atoms with Gasteiger partial charge in [-0.1, -0.05) is 13.3 Å². The Morgan fingerprint density at radius 2 is 2.22 bits per heavy atom. The molecule has 0 aliphatic heterocycles. The highest BCUT2D eigenvalue weighted by atomic mass is 16.5. The predicted molar refractivity (Wildman–Crippen MR) is 73.0 cm³/mol. The van der Waals surface area contributed by atoms with E-state index < -0.39 is 0 Å². The van der Waals surface area contributed by atoms with Crippen molar-refractivity contribution in [1.29, 1.82) is 0 Å². The number of ether oxygens (including phenoxy) is 1. The molecule has 1 aromatic heterocycles. The first-order chi connectivity index (χ1) is 8.77. The van der Waals surface area contributed by atoms with Crippen LogP contribution in [0.15, 0.2) is 6.20 Å². The molecule has 0 atom stereocenters. The van der Waals surface area contributed by atoms with Crippen LogP contribution in [0.4, 0.5) is 11.8 Å². The van der Waals surface area contributed by atoms with E-state index >= 15 is 0 Å². The second-order valence-corrected chi connectivity index (χ2v) is 4.19. The van der Waals surface area contributed by atoms with Crippen molar-refractivity contribution < 1.29 is 4.74 Å². The maximum Gasteiger partial charge on any atom is 0.244 e. The fourth-order valence-electron chi connectivity index (χ4n) is 1.48. The summed E-state index contributed by atoms with van der Waals surface area (Å²) in [5.74, 6) is 1.43. The number of nitrogens with one attached hydrogen (secondary N) is 1. The number of nitrogens with zero attached hydrogens (tertiary/aromatic N) is 4. The summed E-state index contributed by atoms with van der Waals surface area (Å²) in [6.45, 7) is 4.68. The van der Waals surface area contributed by atoms with Gasteiger partial charge in [0.2, 0.25) is 5.95 Å². The van der Waals surface area contributed by atoms with Crippen LogP contribution in [0.5, 0.6) is 0 Å². The smallest absolute Gasteiger partial charge is 0.244 e. The Morgan fingerprint density at radius 3 is 2.94 bits per heavy atom. The molecule has 0 aliphatic rings. The minimum absolute atomic E-state index is 0.576. The molecule has 18 heavy (non-hydrogen) atoms. The number of anilines is 2. The van der Waals surface area contributed by atoms with Crippen LogP contribution in [0.2, 0.25) is 0 Å². The first-order valence-electron chi connectivity index (χ1n) is 6.41. The van der Waals surface area contributed by atoms with Crippen LogP contribution in [-0.2, 0) is 4.74 Å². The summed E-state index contributed by atoms with van der Waals surface area (Å²) < 4.78 is 4.98. The highest BCUT2D eigenvalue weighted by molar-refractivity contribution is 5.39. The molecule has 0 radical (unpaired) electrons.